The maximum Gasteiger partial charge on any atom is 0.258 e. The zero-order valence-corrected chi connectivity index (χ0v) is 18.3. The minimum Gasteiger partial charge on any atom is -0.480 e. The van der Waals surface area contributed by atoms with E-state index in [1.54, 1.807) is 25.4 Å². The molecule has 0 atom stereocenters. The average Bonchev–Trinajstić information content (AvgIpc) is 3.38. The highest BCUT2D eigenvalue weighted by Gasteiger charge is 2.29. The van der Waals surface area contributed by atoms with Crippen LogP contribution in [0.5, 0.6) is 5.88 Å². The molecule has 3 aromatic heterocycles. The summed E-state index contributed by atoms with van der Waals surface area (Å²) in [5.41, 5.74) is 2.61. The fourth-order valence-electron chi connectivity index (χ4n) is 4.40. The lowest BCUT2D eigenvalue weighted by Gasteiger charge is -2.33. The smallest absolute Gasteiger partial charge is 0.258 e. The Hall–Kier alpha value is -3.34. The van der Waals surface area contributed by atoms with Gasteiger partial charge >= 0.3 is 0 Å². The van der Waals surface area contributed by atoms with Crippen molar-refractivity contribution in [3.63, 3.8) is 0 Å². The number of alkyl halides is 2. The van der Waals surface area contributed by atoms with Crippen molar-refractivity contribution in [1.82, 2.24) is 29.9 Å². The van der Waals surface area contributed by atoms with Crippen molar-refractivity contribution in [3.05, 3.63) is 24.4 Å². The molecule has 0 unspecified atom stereocenters. The third-order valence-electron chi connectivity index (χ3n) is 6.22. The number of ether oxygens (including phenoxy) is 1. The van der Waals surface area contributed by atoms with E-state index in [4.69, 9.17) is 4.74 Å². The van der Waals surface area contributed by atoms with E-state index in [0.717, 1.165) is 36.8 Å². The van der Waals surface area contributed by atoms with Crippen LogP contribution < -0.4 is 10.1 Å². The number of aromatic nitrogens is 6. The number of nitrogens with one attached hydrogen (secondary N) is 2. The van der Waals surface area contributed by atoms with Gasteiger partial charge in [0, 0.05) is 17.8 Å². The van der Waals surface area contributed by atoms with Crippen LogP contribution in [0.3, 0.4) is 0 Å². The quantitative estimate of drug-likeness (QED) is 0.404. The maximum absolute atomic E-state index is 12.9. The molecule has 9 nitrogen and oxygen atoms in total. The van der Waals surface area contributed by atoms with E-state index in [0.29, 0.717) is 33.9 Å². The second-order valence-corrected chi connectivity index (χ2v) is 8.76. The Morgan fingerprint density at radius 3 is 2.82 bits per heavy atom. The molecule has 3 N–H and O–H groups in total. The first-order valence-corrected chi connectivity index (χ1v) is 10.9. The minimum atomic E-state index is -2.53. The van der Waals surface area contributed by atoms with E-state index in [1.165, 1.54) is 4.68 Å². The van der Waals surface area contributed by atoms with E-state index in [-0.39, 0.29) is 6.04 Å². The summed E-state index contributed by atoms with van der Waals surface area (Å²) in [6.07, 6.45) is 2.36. The monoisotopic (exact) mass is 457 g/mol. The molecule has 174 valence electrons. The first-order valence-electron chi connectivity index (χ1n) is 10.9. The van der Waals surface area contributed by atoms with E-state index in [2.05, 4.69) is 30.6 Å². The number of nitrogens with zero attached hydrogens (tertiary/aromatic N) is 5. The molecule has 33 heavy (non-hydrogen) atoms. The predicted octanol–water partition coefficient (Wildman–Crippen LogP) is 3.75. The van der Waals surface area contributed by atoms with Crippen molar-refractivity contribution < 1.29 is 18.6 Å². The van der Waals surface area contributed by atoms with Gasteiger partial charge in [-0.2, -0.15) is 9.97 Å². The summed E-state index contributed by atoms with van der Waals surface area (Å²) in [4.78, 5) is 12.4. The molecule has 0 saturated heterocycles. The van der Waals surface area contributed by atoms with Crippen LogP contribution in [0.1, 0.15) is 32.6 Å². The van der Waals surface area contributed by atoms with Crippen LogP contribution in [0.15, 0.2) is 24.4 Å². The van der Waals surface area contributed by atoms with Crippen LogP contribution in [-0.4, -0.2) is 60.2 Å². The Bertz CT molecular complexity index is 1290. The van der Waals surface area contributed by atoms with Crippen molar-refractivity contribution in [2.75, 3.05) is 12.4 Å². The Balaban J connectivity index is 1.49. The van der Waals surface area contributed by atoms with E-state index in [9.17, 15) is 13.9 Å². The van der Waals surface area contributed by atoms with Crippen LogP contribution in [0.4, 0.5) is 14.7 Å². The molecule has 5 rings (SSSR count). The van der Waals surface area contributed by atoms with Gasteiger partial charge in [0.05, 0.1) is 23.6 Å². The van der Waals surface area contributed by atoms with Crippen molar-refractivity contribution in [1.29, 1.82) is 0 Å². The number of fused-ring (bicyclic) bond motifs is 2. The molecule has 1 fully saturated rings. The van der Waals surface area contributed by atoms with E-state index in [1.807, 2.05) is 13.0 Å². The van der Waals surface area contributed by atoms with Crippen LogP contribution in [-0.2, 0) is 6.54 Å². The summed E-state index contributed by atoms with van der Waals surface area (Å²) in [5.74, 6) is 0.856. The number of halogens is 2. The summed E-state index contributed by atoms with van der Waals surface area (Å²) >= 11 is 0. The van der Waals surface area contributed by atoms with Crippen molar-refractivity contribution in [2.24, 2.45) is 0 Å². The Kier molecular flexibility index (Phi) is 5.35. The first-order chi connectivity index (χ1) is 15.8. The number of aliphatic hydroxyl groups is 1. The molecular formula is C22H25F2N7O2. The molecule has 0 amide bonds. The lowest BCUT2D eigenvalue weighted by molar-refractivity contribution is 0.0195. The maximum atomic E-state index is 12.9. The van der Waals surface area contributed by atoms with Gasteiger partial charge < -0.3 is 20.1 Å². The average molecular weight is 457 g/mol. The number of benzene rings is 1. The van der Waals surface area contributed by atoms with Crippen molar-refractivity contribution >= 4 is 28.0 Å². The second-order valence-electron chi connectivity index (χ2n) is 8.76. The lowest BCUT2D eigenvalue weighted by atomic mass is 9.84. The minimum absolute atomic E-state index is 0.173. The second kappa shape index (κ2) is 8.22. The van der Waals surface area contributed by atoms with Crippen LogP contribution in [0.25, 0.3) is 33.2 Å². The van der Waals surface area contributed by atoms with Gasteiger partial charge in [-0.1, -0.05) is 11.3 Å². The number of hydrogen-bond acceptors (Lipinski definition) is 7. The third kappa shape index (κ3) is 4.20. The standard InChI is InChI=1S/C22H25F2N7O2/c1-22(32)7-5-13(6-8-22)26-21-27-19-18(20(28-21)33-2)14(10-25-19)12-3-4-15-16(9-12)31(30-29-15)11-17(23)24/h3-4,9-10,13,17,32H,5-8,11H2,1-2H3,(H2,25,26,27,28)/t13-,22-. The number of aromatic amines is 1. The fourth-order valence-corrected chi connectivity index (χ4v) is 4.40. The van der Waals surface area contributed by atoms with Crippen molar-refractivity contribution in [3.8, 4) is 17.0 Å². The number of methoxy groups -OCH3 is 1. The van der Waals surface area contributed by atoms with E-state index < -0.39 is 18.6 Å². The Labute approximate surface area is 188 Å². The topological polar surface area (TPSA) is 114 Å². The van der Waals surface area contributed by atoms with Crippen LogP contribution in [0, 0.1) is 0 Å². The predicted molar refractivity (Wildman–Crippen MR) is 119 cm³/mol. The number of H-pyrrole nitrogens is 1. The molecular weight excluding hydrogens is 432 g/mol. The molecule has 0 bridgehead atoms. The van der Waals surface area contributed by atoms with Gasteiger partial charge in [0.2, 0.25) is 11.8 Å². The number of anilines is 1. The van der Waals surface area contributed by atoms with E-state index >= 15 is 0 Å². The molecule has 4 aromatic rings. The summed E-state index contributed by atoms with van der Waals surface area (Å²) in [6, 6.07) is 5.55. The largest absolute Gasteiger partial charge is 0.480 e. The zero-order valence-electron chi connectivity index (χ0n) is 18.3. The molecule has 0 aliphatic heterocycles. The molecule has 1 saturated carbocycles. The Morgan fingerprint density at radius 1 is 1.30 bits per heavy atom. The fraction of sp³-hybridized carbons (Fsp3) is 0.455. The van der Waals surface area contributed by atoms with Gasteiger partial charge in [0.15, 0.2) is 0 Å². The molecule has 0 spiro atoms. The van der Waals surface area contributed by atoms with Crippen LogP contribution in [0.2, 0.25) is 0 Å². The summed E-state index contributed by atoms with van der Waals surface area (Å²) in [5, 5.41) is 22.0. The molecule has 11 heteroatoms. The molecule has 1 aliphatic rings. The molecule has 1 aromatic carbocycles. The van der Waals surface area contributed by atoms with Crippen LogP contribution >= 0.6 is 0 Å². The molecule has 3 heterocycles. The SMILES string of the molecule is COc1nc(N[C@H]2CC[C@](C)(O)CC2)nc2[nH]cc(-c3ccc4nnn(CC(F)F)c4c3)c12. The normalized spacial score (nSPS) is 21.2. The number of rotatable bonds is 6. The van der Waals surface area contributed by atoms with Gasteiger partial charge in [0.25, 0.3) is 6.43 Å². The number of hydrogen-bond donors (Lipinski definition) is 3. The van der Waals surface area contributed by atoms with Gasteiger partial charge in [0.1, 0.15) is 17.7 Å². The van der Waals surface area contributed by atoms with Gasteiger partial charge in [-0.25, -0.2) is 13.5 Å². The zero-order chi connectivity index (χ0) is 23.2. The third-order valence-corrected chi connectivity index (χ3v) is 6.22. The lowest BCUT2D eigenvalue weighted by Crippen LogP contribution is -2.36. The summed E-state index contributed by atoms with van der Waals surface area (Å²) < 4.78 is 32.6. The highest BCUT2D eigenvalue weighted by atomic mass is 19.3. The molecule has 1 aliphatic carbocycles. The van der Waals surface area contributed by atoms with Crippen molar-refractivity contribution in [2.45, 2.75) is 57.2 Å². The van der Waals surface area contributed by atoms with Gasteiger partial charge in [-0.15, -0.1) is 5.10 Å². The van der Waals surface area contributed by atoms with Gasteiger partial charge in [-0.05, 0) is 50.3 Å². The summed E-state index contributed by atoms with van der Waals surface area (Å²) in [7, 11) is 1.55. The highest BCUT2D eigenvalue weighted by Crippen LogP contribution is 2.36. The first kappa shape index (κ1) is 21.5. The summed E-state index contributed by atoms with van der Waals surface area (Å²) in [6.45, 7) is 1.34. The van der Waals surface area contributed by atoms with Gasteiger partial charge in [-0.3, -0.25) is 0 Å². The highest BCUT2D eigenvalue weighted by molar-refractivity contribution is 5.99. The Morgan fingerprint density at radius 2 is 2.09 bits per heavy atom. The molecule has 0 radical (unpaired) electrons.